The predicted molar refractivity (Wildman–Crippen MR) is 165 cm³/mol. The van der Waals surface area contributed by atoms with Crippen LogP contribution in [0.25, 0.3) is 0 Å². The Bertz CT molecular complexity index is 1530. The maximum Gasteiger partial charge on any atom is 0.356 e. The third kappa shape index (κ3) is 7.54. The van der Waals surface area contributed by atoms with Crippen molar-refractivity contribution in [2.24, 2.45) is 13.0 Å². The van der Waals surface area contributed by atoms with E-state index in [1.807, 2.05) is 40.2 Å². The molecular formula is C30H39ClN7O4+. The van der Waals surface area contributed by atoms with Gasteiger partial charge in [0.2, 0.25) is 11.6 Å². The van der Waals surface area contributed by atoms with Crippen molar-refractivity contribution in [2.45, 2.75) is 33.7 Å². The summed E-state index contributed by atoms with van der Waals surface area (Å²) in [6.45, 7) is 7.58. The maximum absolute atomic E-state index is 13.2. The van der Waals surface area contributed by atoms with E-state index in [0.29, 0.717) is 45.1 Å². The number of carbonyl (C=O) groups excluding carboxylic acids is 1. The first-order valence-corrected chi connectivity index (χ1v) is 13.9. The zero-order valence-corrected chi connectivity index (χ0v) is 26.0. The molecule has 2 heterocycles. The van der Waals surface area contributed by atoms with Crippen molar-refractivity contribution in [3.63, 3.8) is 0 Å². The van der Waals surface area contributed by atoms with Gasteiger partial charge < -0.3 is 24.3 Å². The molecule has 42 heavy (non-hydrogen) atoms. The lowest BCUT2D eigenvalue weighted by molar-refractivity contribution is -0.526. The van der Waals surface area contributed by atoms with Crippen LogP contribution in [0, 0.1) is 18.3 Å². The molecular weight excluding hydrogens is 558 g/mol. The summed E-state index contributed by atoms with van der Waals surface area (Å²) in [5, 5.41) is 14.8. The van der Waals surface area contributed by atoms with E-state index < -0.39 is 12.0 Å². The number of esters is 1. The van der Waals surface area contributed by atoms with Crippen molar-refractivity contribution in [1.82, 2.24) is 14.5 Å². The smallest absolute Gasteiger partial charge is 0.356 e. The highest BCUT2D eigenvalue weighted by Crippen LogP contribution is 2.32. The second-order valence-electron chi connectivity index (χ2n) is 10.3. The molecule has 2 aromatic heterocycles. The monoisotopic (exact) mass is 596 g/mol. The summed E-state index contributed by atoms with van der Waals surface area (Å²) in [6, 6.07) is 7.97. The minimum atomic E-state index is -0.810. The standard InChI is InChI=1S/C30H38ClN7O4/c1-9-42-29(40)24(32)23(25(17(2)3)35-22-15-33-30(37(5)6)36-27(22)41-8)26(19-10-12-20(31)13-11-19)34-21-14-18(4)16-38(7)28(21)39/h10-17,26,32,34-35H,9H2,1-8H3/p+1/b25-23+,32-24?. The van der Waals surface area contributed by atoms with Crippen LogP contribution in [-0.4, -0.2) is 54.0 Å². The number of aromatic nitrogens is 3. The number of pyridine rings is 1. The molecule has 0 fully saturated rings. The Hall–Kier alpha value is -4.22. The second kappa shape index (κ2) is 14.1. The van der Waals surface area contributed by atoms with E-state index >= 15 is 0 Å². The summed E-state index contributed by atoms with van der Waals surface area (Å²) in [5.74, 6) is -0.180. The minimum Gasteiger partial charge on any atom is -0.477 e. The fourth-order valence-electron chi connectivity index (χ4n) is 4.45. The van der Waals surface area contributed by atoms with Gasteiger partial charge in [-0.2, -0.15) is 4.98 Å². The molecule has 0 aliphatic carbocycles. The van der Waals surface area contributed by atoms with E-state index in [4.69, 9.17) is 26.5 Å². The molecule has 0 spiro atoms. The fourth-order valence-corrected chi connectivity index (χ4v) is 4.58. The van der Waals surface area contributed by atoms with Crippen molar-refractivity contribution >= 4 is 40.6 Å². The molecule has 1 unspecified atom stereocenters. The Morgan fingerprint density at radius 1 is 1.24 bits per heavy atom. The zero-order chi connectivity index (χ0) is 31.1. The number of quaternary nitrogens is 1. The summed E-state index contributed by atoms with van der Waals surface area (Å²) >= 11 is 6.23. The lowest BCUT2D eigenvalue weighted by Crippen LogP contribution is -2.78. The molecule has 0 saturated carbocycles. The summed E-state index contributed by atoms with van der Waals surface area (Å²) in [4.78, 5) is 37.1. The molecule has 1 atom stereocenters. The number of ether oxygens (including phenoxy) is 2. The Morgan fingerprint density at radius 3 is 2.48 bits per heavy atom. The molecule has 4 N–H and O–H groups in total. The number of hydrogen-bond acceptors (Lipinski definition) is 9. The van der Waals surface area contributed by atoms with Crippen LogP contribution in [0.2, 0.25) is 5.02 Å². The molecule has 3 aromatic rings. The number of nitrogens with zero attached hydrogens (tertiary/aromatic N) is 4. The topological polar surface area (TPSA) is 139 Å². The number of allylic oxidation sites excluding steroid dienone is 1. The van der Waals surface area contributed by atoms with Crippen LogP contribution in [0.5, 0.6) is 5.88 Å². The van der Waals surface area contributed by atoms with Crippen molar-refractivity contribution in [2.75, 3.05) is 38.0 Å². The Kier molecular flexibility index (Phi) is 10.8. The van der Waals surface area contributed by atoms with Crippen LogP contribution < -0.4 is 25.8 Å². The largest absolute Gasteiger partial charge is 0.477 e. The molecule has 11 nitrogen and oxygen atoms in total. The van der Waals surface area contributed by atoms with Gasteiger partial charge >= 0.3 is 5.97 Å². The van der Waals surface area contributed by atoms with Crippen LogP contribution in [0.3, 0.4) is 0 Å². The maximum atomic E-state index is 13.2. The van der Waals surface area contributed by atoms with Gasteiger partial charge in [0.05, 0.1) is 31.5 Å². The number of hydrogen-bond donors (Lipinski definition) is 3. The second-order valence-corrected chi connectivity index (χ2v) is 10.7. The van der Waals surface area contributed by atoms with E-state index in [-0.39, 0.29) is 23.8 Å². The molecule has 12 heteroatoms. The minimum absolute atomic E-state index is 0.0976. The molecule has 3 rings (SSSR count). The van der Waals surface area contributed by atoms with E-state index in [0.717, 1.165) is 5.56 Å². The lowest BCUT2D eigenvalue weighted by atomic mass is 9.89. The summed E-state index contributed by atoms with van der Waals surface area (Å²) < 4.78 is 12.4. The van der Waals surface area contributed by atoms with Crippen LogP contribution in [0.4, 0.5) is 17.3 Å². The molecule has 1 aromatic carbocycles. The van der Waals surface area contributed by atoms with Gasteiger partial charge in [0, 0.05) is 38.3 Å². The highest BCUT2D eigenvalue weighted by atomic mass is 35.5. The SMILES string of the molecule is CCOC(=O)C(=N)/C(=C(\[NH2+]c1cnc(N(C)C)nc1OC)C(C)C)C(Nc1cc(C)cn(C)c1=O)c1ccc(Cl)cc1. The number of halogens is 1. The van der Waals surface area contributed by atoms with Gasteiger partial charge in [-0.05, 0) is 43.2 Å². The predicted octanol–water partition coefficient (Wildman–Crippen LogP) is 3.75. The number of aryl methyl sites for hydroxylation is 2. The van der Waals surface area contributed by atoms with Crippen molar-refractivity contribution in [1.29, 1.82) is 5.41 Å². The summed E-state index contributed by atoms with van der Waals surface area (Å²) in [6.07, 6.45) is 3.37. The molecule has 0 aliphatic heterocycles. The fraction of sp³-hybridized carbons (Fsp3) is 0.367. The zero-order valence-electron chi connectivity index (χ0n) is 25.3. The van der Waals surface area contributed by atoms with E-state index in [1.165, 1.54) is 11.7 Å². The van der Waals surface area contributed by atoms with E-state index in [2.05, 4.69) is 15.3 Å². The average molecular weight is 597 g/mol. The van der Waals surface area contributed by atoms with Gasteiger partial charge in [0.15, 0.2) is 5.71 Å². The normalized spacial score (nSPS) is 12.4. The molecule has 0 radical (unpaired) electrons. The van der Waals surface area contributed by atoms with Gasteiger partial charge in [-0.25, -0.2) is 9.78 Å². The van der Waals surface area contributed by atoms with E-state index in [1.54, 1.807) is 61.6 Å². The number of nitrogens with one attached hydrogen (secondary N) is 2. The Morgan fingerprint density at radius 2 is 1.90 bits per heavy atom. The molecule has 0 bridgehead atoms. The van der Waals surface area contributed by atoms with Crippen LogP contribution >= 0.6 is 11.6 Å². The molecule has 224 valence electrons. The third-order valence-corrected chi connectivity index (χ3v) is 6.72. The first-order chi connectivity index (χ1) is 19.9. The van der Waals surface area contributed by atoms with Crippen molar-refractivity contribution < 1.29 is 19.6 Å². The number of methoxy groups -OCH3 is 1. The Balaban J connectivity index is 2.35. The first-order valence-electron chi connectivity index (χ1n) is 13.5. The highest BCUT2D eigenvalue weighted by molar-refractivity contribution is 6.42. The summed E-state index contributed by atoms with van der Waals surface area (Å²) in [7, 11) is 6.85. The average Bonchev–Trinajstić information content (AvgIpc) is 2.94. The number of anilines is 2. The lowest BCUT2D eigenvalue weighted by Gasteiger charge is -2.26. The molecule has 0 aliphatic rings. The van der Waals surface area contributed by atoms with Crippen LogP contribution in [0.15, 0.2) is 58.8 Å². The highest BCUT2D eigenvalue weighted by Gasteiger charge is 2.34. The first kappa shape index (κ1) is 32.3. The quantitative estimate of drug-likeness (QED) is 0.212. The number of carbonyl (C=O) groups is 1. The van der Waals surface area contributed by atoms with Crippen molar-refractivity contribution in [3.05, 3.63) is 80.5 Å². The van der Waals surface area contributed by atoms with Gasteiger partial charge in [-0.15, -0.1) is 0 Å². The number of nitrogens with two attached hydrogens (primary N) is 1. The van der Waals surface area contributed by atoms with Crippen LogP contribution in [0.1, 0.15) is 37.9 Å². The summed E-state index contributed by atoms with van der Waals surface area (Å²) in [5.41, 5.74) is 2.76. The van der Waals surface area contributed by atoms with Crippen LogP contribution in [-0.2, 0) is 16.6 Å². The van der Waals surface area contributed by atoms with Gasteiger partial charge in [-0.3, -0.25) is 15.5 Å². The van der Waals surface area contributed by atoms with Gasteiger partial charge in [0.25, 0.3) is 11.4 Å². The van der Waals surface area contributed by atoms with Gasteiger partial charge in [-0.1, -0.05) is 37.6 Å². The van der Waals surface area contributed by atoms with Gasteiger partial charge in [0.1, 0.15) is 11.4 Å². The number of benzene rings is 1. The number of rotatable bonds is 12. The molecule has 0 amide bonds. The molecule has 0 saturated heterocycles. The van der Waals surface area contributed by atoms with Crippen molar-refractivity contribution in [3.8, 4) is 5.88 Å². The third-order valence-electron chi connectivity index (χ3n) is 6.47. The Labute approximate surface area is 251 Å². The van der Waals surface area contributed by atoms with E-state index in [9.17, 15) is 9.59 Å².